The normalized spacial score (nSPS) is 17.6. The van der Waals surface area contributed by atoms with Crippen LogP contribution in [-0.4, -0.2) is 81.8 Å². The van der Waals surface area contributed by atoms with Crippen LogP contribution in [0.3, 0.4) is 0 Å². The smallest absolute Gasteiger partial charge is 0.325 e. The summed E-state index contributed by atoms with van der Waals surface area (Å²) in [6.45, 7) is 2.87. The number of ether oxygens (including phenoxy) is 2. The van der Waals surface area contributed by atoms with Gasteiger partial charge >= 0.3 is 6.03 Å². The number of imide groups is 1. The Morgan fingerprint density at radius 3 is 2.50 bits per heavy atom. The van der Waals surface area contributed by atoms with E-state index in [1.807, 2.05) is 0 Å². The molecule has 0 aliphatic carbocycles. The van der Waals surface area contributed by atoms with Crippen molar-refractivity contribution in [3.63, 3.8) is 0 Å². The number of piperidine rings is 1. The number of urea groups is 1. The molecule has 0 radical (unpaired) electrons. The van der Waals surface area contributed by atoms with E-state index in [1.54, 1.807) is 25.2 Å². The molecule has 3 rings (SSSR count). The lowest BCUT2D eigenvalue weighted by atomic mass is 10.1. The van der Waals surface area contributed by atoms with Gasteiger partial charge in [-0.1, -0.05) is 0 Å². The summed E-state index contributed by atoms with van der Waals surface area (Å²) in [6.07, 6.45) is 2.83. The molecule has 1 aromatic rings. The van der Waals surface area contributed by atoms with Crippen molar-refractivity contribution in [1.29, 1.82) is 0 Å². The number of amides is 3. The molecule has 2 N–H and O–H groups in total. The van der Waals surface area contributed by atoms with E-state index < -0.39 is 16.1 Å². The van der Waals surface area contributed by atoms with Gasteiger partial charge in [0, 0.05) is 37.8 Å². The number of carbonyl (C=O) groups is 2. The molecule has 0 spiro atoms. The first kappa shape index (κ1) is 22.3. The topological polar surface area (TPSA) is 117 Å². The van der Waals surface area contributed by atoms with Gasteiger partial charge in [-0.05, 0) is 38.1 Å². The molecule has 0 atom stereocenters. The monoisotopic (exact) mass is 440 g/mol. The summed E-state index contributed by atoms with van der Waals surface area (Å²) >= 11 is 0. The van der Waals surface area contributed by atoms with Crippen molar-refractivity contribution in [2.45, 2.75) is 25.3 Å². The number of hydrogen-bond acceptors (Lipinski definition) is 7. The van der Waals surface area contributed by atoms with Gasteiger partial charge in [0.25, 0.3) is 0 Å². The third-order valence-electron chi connectivity index (χ3n) is 5.30. The summed E-state index contributed by atoms with van der Waals surface area (Å²) in [5, 5.41) is 4.93. The predicted octanol–water partition coefficient (Wildman–Crippen LogP) is 0.852. The van der Waals surface area contributed by atoms with Gasteiger partial charge in [0.2, 0.25) is 15.9 Å². The zero-order chi connectivity index (χ0) is 21.7. The number of carbonyl (C=O) groups excluding carboxylic acids is 2. The van der Waals surface area contributed by atoms with E-state index in [0.717, 1.165) is 12.8 Å². The van der Waals surface area contributed by atoms with Crippen LogP contribution in [0.5, 0.6) is 11.5 Å². The van der Waals surface area contributed by atoms with Gasteiger partial charge in [0.05, 0.1) is 6.26 Å². The average molecular weight is 441 g/mol. The van der Waals surface area contributed by atoms with E-state index in [4.69, 9.17) is 9.47 Å². The van der Waals surface area contributed by atoms with Gasteiger partial charge in [0.15, 0.2) is 11.5 Å². The average Bonchev–Trinajstić information content (AvgIpc) is 2.71. The Kier molecular flexibility index (Phi) is 7.16. The largest absolute Gasteiger partial charge is 0.486 e. The highest BCUT2D eigenvalue weighted by atomic mass is 32.2. The Bertz CT molecular complexity index is 883. The maximum Gasteiger partial charge on any atom is 0.325 e. The van der Waals surface area contributed by atoms with Crippen molar-refractivity contribution in [3.8, 4) is 11.5 Å². The maximum absolute atomic E-state index is 12.1. The second-order valence-corrected chi connectivity index (χ2v) is 9.50. The fraction of sp³-hybridized carbons (Fsp3) is 0.579. The molecule has 0 aromatic heterocycles. The van der Waals surface area contributed by atoms with Crippen molar-refractivity contribution >= 4 is 27.6 Å². The number of rotatable bonds is 6. The third-order valence-corrected chi connectivity index (χ3v) is 6.65. The summed E-state index contributed by atoms with van der Waals surface area (Å²) in [7, 11) is -1.60. The highest BCUT2D eigenvalue weighted by Gasteiger charge is 2.27. The molecule has 2 heterocycles. The van der Waals surface area contributed by atoms with Gasteiger partial charge in [-0.3, -0.25) is 10.1 Å². The zero-order valence-electron chi connectivity index (χ0n) is 17.2. The lowest BCUT2D eigenvalue weighted by Gasteiger charge is -2.35. The molecule has 1 fully saturated rings. The number of benzene rings is 1. The van der Waals surface area contributed by atoms with Crippen LogP contribution in [0, 0.1) is 0 Å². The Hall–Kier alpha value is -2.37. The molecule has 0 bridgehead atoms. The van der Waals surface area contributed by atoms with Gasteiger partial charge in [-0.25, -0.2) is 17.5 Å². The van der Waals surface area contributed by atoms with E-state index in [1.165, 1.54) is 10.6 Å². The predicted molar refractivity (Wildman–Crippen MR) is 111 cm³/mol. The van der Waals surface area contributed by atoms with E-state index in [2.05, 4.69) is 15.5 Å². The molecule has 10 nitrogen and oxygen atoms in total. The van der Waals surface area contributed by atoms with Crippen LogP contribution in [-0.2, 0) is 14.8 Å². The van der Waals surface area contributed by atoms with E-state index in [9.17, 15) is 18.0 Å². The van der Waals surface area contributed by atoms with Gasteiger partial charge in [-0.2, -0.15) is 0 Å². The van der Waals surface area contributed by atoms with Crippen LogP contribution in [0.4, 0.5) is 10.5 Å². The van der Waals surface area contributed by atoms with Crippen molar-refractivity contribution < 1.29 is 27.5 Å². The van der Waals surface area contributed by atoms with Gasteiger partial charge in [0.1, 0.15) is 13.2 Å². The molecule has 2 aliphatic rings. The van der Waals surface area contributed by atoms with Crippen molar-refractivity contribution in [2.24, 2.45) is 0 Å². The summed E-state index contributed by atoms with van der Waals surface area (Å²) in [4.78, 5) is 26.3. The number of fused-ring (bicyclic) bond motifs is 1. The molecule has 166 valence electrons. The second kappa shape index (κ2) is 9.63. The third kappa shape index (κ3) is 6.07. The van der Waals surface area contributed by atoms with Crippen molar-refractivity contribution in [3.05, 3.63) is 18.2 Å². The first-order valence-corrected chi connectivity index (χ1v) is 11.7. The molecular formula is C19H28N4O6S. The molecule has 3 amide bonds. The van der Waals surface area contributed by atoms with Crippen LogP contribution >= 0.6 is 0 Å². The molecule has 0 unspecified atom stereocenters. The van der Waals surface area contributed by atoms with Crippen LogP contribution < -0.4 is 20.1 Å². The van der Waals surface area contributed by atoms with Crippen molar-refractivity contribution in [1.82, 2.24) is 14.5 Å². The second-order valence-electron chi connectivity index (χ2n) is 7.46. The first-order valence-electron chi connectivity index (χ1n) is 9.88. The van der Waals surface area contributed by atoms with Crippen LogP contribution in [0.25, 0.3) is 0 Å². The fourth-order valence-corrected chi connectivity index (χ4v) is 4.26. The van der Waals surface area contributed by atoms with E-state index in [0.29, 0.717) is 50.0 Å². The molecule has 30 heavy (non-hydrogen) atoms. The lowest BCUT2D eigenvalue weighted by molar-refractivity contribution is -0.120. The molecule has 0 saturated carbocycles. The summed E-state index contributed by atoms with van der Waals surface area (Å²) in [5.74, 6) is 0.797. The number of hydrogen-bond donors (Lipinski definition) is 2. The standard InChI is InChI=1S/C19H28N4O6S/c1-22(30(2,26)27)15-5-8-23(9-6-15)10-7-18(24)21-19(25)20-14-3-4-16-17(13-14)29-12-11-28-16/h3-4,13,15H,5-12H2,1-2H3,(H2,20,21,24,25). The van der Waals surface area contributed by atoms with Gasteiger partial charge < -0.3 is 19.7 Å². The molecular weight excluding hydrogens is 412 g/mol. The Morgan fingerprint density at radius 1 is 1.17 bits per heavy atom. The minimum absolute atomic E-state index is 0.0122. The maximum atomic E-state index is 12.1. The molecule has 1 aromatic carbocycles. The van der Waals surface area contributed by atoms with E-state index in [-0.39, 0.29) is 18.4 Å². The highest BCUT2D eigenvalue weighted by molar-refractivity contribution is 7.88. The minimum Gasteiger partial charge on any atom is -0.486 e. The number of sulfonamides is 1. The molecule has 11 heteroatoms. The van der Waals surface area contributed by atoms with Crippen LogP contribution in [0.15, 0.2) is 18.2 Å². The van der Waals surface area contributed by atoms with E-state index >= 15 is 0 Å². The van der Waals surface area contributed by atoms with Crippen molar-refractivity contribution in [2.75, 3.05) is 51.5 Å². The number of nitrogens with zero attached hydrogens (tertiary/aromatic N) is 2. The highest BCUT2D eigenvalue weighted by Crippen LogP contribution is 2.32. The Balaban J connectivity index is 1.38. The molecule has 1 saturated heterocycles. The first-order chi connectivity index (χ1) is 14.2. The summed E-state index contributed by atoms with van der Waals surface area (Å²) in [5.41, 5.74) is 0.501. The Labute approximate surface area is 176 Å². The van der Waals surface area contributed by atoms with Crippen LogP contribution in [0.2, 0.25) is 0 Å². The van der Waals surface area contributed by atoms with Crippen LogP contribution in [0.1, 0.15) is 19.3 Å². The fourth-order valence-electron chi connectivity index (χ4n) is 3.51. The zero-order valence-corrected chi connectivity index (χ0v) is 18.0. The quantitative estimate of drug-likeness (QED) is 0.673. The minimum atomic E-state index is -3.20. The SMILES string of the molecule is CN(C1CCN(CCC(=O)NC(=O)Nc2ccc3c(c2)OCCO3)CC1)S(C)(=O)=O. The Morgan fingerprint density at radius 2 is 1.83 bits per heavy atom. The number of anilines is 1. The lowest BCUT2D eigenvalue weighted by Crippen LogP contribution is -2.46. The molecule has 2 aliphatic heterocycles. The number of likely N-dealkylation sites (tertiary alicyclic amines) is 1. The van der Waals surface area contributed by atoms with Gasteiger partial charge in [-0.15, -0.1) is 0 Å². The summed E-state index contributed by atoms with van der Waals surface area (Å²) in [6, 6.07) is 4.41. The number of nitrogens with one attached hydrogen (secondary N) is 2. The summed E-state index contributed by atoms with van der Waals surface area (Å²) < 4.78 is 35.6.